The summed E-state index contributed by atoms with van der Waals surface area (Å²) in [7, 11) is 2.00. The molecule has 1 heteroatoms. The standard InChI is InChI=1S/C8H14N/c1-4-6-7-8-9(3)5-2/h4-8H,1-3H3/q+1/b6-4-,8-7-,9-5-. The van der Waals surface area contributed by atoms with Crippen LogP contribution in [0.5, 0.6) is 0 Å². The predicted molar refractivity (Wildman–Crippen MR) is 41.9 cm³/mol. The lowest BCUT2D eigenvalue weighted by molar-refractivity contribution is -0.417. The number of nitrogens with zero attached hydrogens (tertiary/aromatic N) is 1. The Labute approximate surface area is 57.0 Å². The molecule has 9 heavy (non-hydrogen) atoms. The van der Waals surface area contributed by atoms with Gasteiger partial charge < -0.3 is 0 Å². The van der Waals surface area contributed by atoms with Crippen molar-refractivity contribution in [3.05, 3.63) is 24.4 Å². The van der Waals surface area contributed by atoms with E-state index in [0.29, 0.717) is 0 Å². The molecule has 0 radical (unpaired) electrons. The van der Waals surface area contributed by atoms with Gasteiger partial charge in [-0.2, -0.15) is 0 Å². The maximum Gasteiger partial charge on any atom is 0.168 e. The number of hydrogen-bond donors (Lipinski definition) is 0. The second kappa shape index (κ2) is 5.29. The Morgan fingerprint density at radius 1 is 1.11 bits per heavy atom. The minimum atomic E-state index is 2.00. The first kappa shape index (κ1) is 8.15. The van der Waals surface area contributed by atoms with Gasteiger partial charge in [-0.1, -0.05) is 12.2 Å². The molecular weight excluding hydrogens is 110 g/mol. The quantitative estimate of drug-likeness (QED) is 0.300. The molecular formula is C8H14N+. The molecule has 1 nitrogen and oxygen atoms in total. The van der Waals surface area contributed by atoms with Gasteiger partial charge in [0, 0.05) is 13.0 Å². The van der Waals surface area contributed by atoms with Gasteiger partial charge in [0.2, 0.25) is 0 Å². The zero-order valence-corrected chi connectivity index (χ0v) is 6.33. The molecule has 0 N–H and O–H groups in total. The third kappa shape index (κ3) is 5.01. The van der Waals surface area contributed by atoms with Gasteiger partial charge in [0.15, 0.2) is 6.20 Å². The Morgan fingerprint density at radius 2 is 1.78 bits per heavy atom. The van der Waals surface area contributed by atoms with Crippen LogP contribution in [0, 0.1) is 0 Å². The third-order valence-corrected chi connectivity index (χ3v) is 1.03. The van der Waals surface area contributed by atoms with Crippen LogP contribution in [0.2, 0.25) is 0 Å². The fraction of sp³-hybridized carbons (Fsp3) is 0.375. The van der Waals surface area contributed by atoms with Crippen LogP contribution in [0.25, 0.3) is 0 Å². The molecule has 50 valence electrons. The van der Waals surface area contributed by atoms with E-state index in [0.717, 1.165) is 0 Å². The lowest BCUT2D eigenvalue weighted by atomic mass is 10.5. The van der Waals surface area contributed by atoms with Crippen molar-refractivity contribution < 1.29 is 4.58 Å². The number of hydrogen-bond acceptors (Lipinski definition) is 0. The minimum absolute atomic E-state index is 2.00. The third-order valence-electron chi connectivity index (χ3n) is 1.03. The summed E-state index contributed by atoms with van der Waals surface area (Å²) in [5, 5.41) is 0. The zero-order valence-electron chi connectivity index (χ0n) is 6.33. The summed E-state index contributed by atoms with van der Waals surface area (Å²) in [5.74, 6) is 0. The van der Waals surface area contributed by atoms with Gasteiger partial charge in [0.05, 0.1) is 0 Å². The van der Waals surface area contributed by atoms with E-state index in [1.165, 1.54) is 0 Å². The maximum atomic E-state index is 2.00. The Bertz CT molecular complexity index is 141. The SMILES string of the molecule is C\C=C/C=C\[N+](C)=C/C. The van der Waals surface area contributed by atoms with Crippen molar-refractivity contribution in [2.75, 3.05) is 7.05 Å². The largest absolute Gasteiger partial charge is 0.212 e. The van der Waals surface area contributed by atoms with Crippen molar-refractivity contribution in [2.45, 2.75) is 13.8 Å². The summed E-state index contributed by atoms with van der Waals surface area (Å²) in [5.41, 5.74) is 0. The Morgan fingerprint density at radius 3 is 2.22 bits per heavy atom. The maximum absolute atomic E-state index is 2.00. The van der Waals surface area contributed by atoms with Gasteiger partial charge in [-0.15, -0.1) is 0 Å². The van der Waals surface area contributed by atoms with Crippen LogP contribution in [0.1, 0.15) is 13.8 Å². The molecule has 0 saturated heterocycles. The van der Waals surface area contributed by atoms with Gasteiger partial charge in [-0.05, 0) is 6.92 Å². The lowest BCUT2D eigenvalue weighted by Gasteiger charge is -1.78. The average molecular weight is 124 g/mol. The van der Waals surface area contributed by atoms with Gasteiger partial charge in [-0.3, -0.25) is 0 Å². The first-order chi connectivity index (χ1) is 4.31. The van der Waals surface area contributed by atoms with E-state index in [1.54, 1.807) is 0 Å². The van der Waals surface area contributed by atoms with Crippen LogP contribution >= 0.6 is 0 Å². The minimum Gasteiger partial charge on any atom is -0.212 e. The van der Waals surface area contributed by atoms with Crippen molar-refractivity contribution in [1.29, 1.82) is 0 Å². The van der Waals surface area contributed by atoms with Gasteiger partial charge >= 0.3 is 0 Å². The summed E-state index contributed by atoms with van der Waals surface area (Å²) in [6.07, 6.45) is 10.0. The molecule has 0 spiro atoms. The van der Waals surface area contributed by atoms with Crippen LogP contribution in [-0.2, 0) is 0 Å². The highest BCUT2D eigenvalue weighted by Crippen LogP contribution is 1.75. The van der Waals surface area contributed by atoms with E-state index in [2.05, 4.69) is 0 Å². The fourth-order valence-corrected chi connectivity index (χ4v) is 0.383. The van der Waals surface area contributed by atoms with Crippen LogP contribution in [0.15, 0.2) is 24.4 Å². The molecule has 0 aliphatic carbocycles. The van der Waals surface area contributed by atoms with Gasteiger partial charge in [-0.25, -0.2) is 4.58 Å². The average Bonchev–Trinajstić information content (AvgIpc) is 1.89. The topological polar surface area (TPSA) is 3.01 Å². The predicted octanol–water partition coefficient (Wildman–Crippen LogP) is 1.81. The molecule has 0 amide bonds. The van der Waals surface area contributed by atoms with Crippen LogP contribution < -0.4 is 0 Å². The van der Waals surface area contributed by atoms with Crippen LogP contribution in [0.3, 0.4) is 0 Å². The highest BCUT2D eigenvalue weighted by Gasteiger charge is 1.77. The molecule has 0 heterocycles. The summed E-state index contributed by atoms with van der Waals surface area (Å²) in [4.78, 5) is 0. The summed E-state index contributed by atoms with van der Waals surface area (Å²) < 4.78 is 2.00. The molecule has 0 aromatic rings. The van der Waals surface area contributed by atoms with E-state index in [4.69, 9.17) is 0 Å². The second-order valence-corrected chi connectivity index (χ2v) is 1.79. The van der Waals surface area contributed by atoms with Gasteiger partial charge in [0.25, 0.3) is 0 Å². The monoisotopic (exact) mass is 124 g/mol. The Kier molecular flexibility index (Phi) is 4.79. The molecule has 0 rings (SSSR count). The van der Waals surface area contributed by atoms with Crippen molar-refractivity contribution in [3.8, 4) is 0 Å². The van der Waals surface area contributed by atoms with E-state index in [9.17, 15) is 0 Å². The molecule has 0 saturated carbocycles. The molecule has 0 aromatic heterocycles. The molecule has 0 aliphatic heterocycles. The van der Waals surface area contributed by atoms with Crippen molar-refractivity contribution >= 4 is 6.21 Å². The second-order valence-electron chi connectivity index (χ2n) is 1.79. The van der Waals surface area contributed by atoms with Crippen molar-refractivity contribution in [2.24, 2.45) is 0 Å². The van der Waals surface area contributed by atoms with E-state index in [1.807, 2.05) is 56.1 Å². The van der Waals surface area contributed by atoms with E-state index >= 15 is 0 Å². The fourth-order valence-electron chi connectivity index (χ4n) is 0.383. The highest BCUT2D eigenvalue weighted by atomic mass is 14.9. The molecule has 0 unspecified atom stereocenters. The van der Waals surface area contributed by atoms with Crippen molar-refractivity contribution in [3.63, 3.8) is 0 Å². The molecule has 0 aromatic carbocycles. The summed E-state index contributed by atoms with van der Waals surface area (Å²) in [6, 6.07) is 0. The number of rotatable bonds is 2. The Balaban J connectivity index is 3.71. The molecule has 0 fully saturated rings. The van der Waals surface area contributed by atoms with Crippen LogP contribution in [0.4, 0.5) is 0 Å². The Hall–Kier alpha value is -0.850. The van der Waals surface area contributed by atoms with Crippen molar-refractivity contribution in [1.82, 2.24) is 0 Å². The van der Waals surface area contributed by atoms with E-state index in [-0.39, 0.29) is 0 Å². The van der Waals surface area contributed by atoms with E-state index < -0.39 is 0 Å². The smallest absolute Gasteiger partial charge is 0.168 e. The lowest BCUT2D eigenvalue weighted by Crippen LogP contribution is -1.92. The molecule has 0 bridgehead atoms. The zero-order chi connectivity index (χ0) is 7.11. The first-order valence-electron chi connectivity index (χ1n) is 3.12. The normalized spacial score (nSPS) is 13.9. The first-order valence-corrected chi connectivity index (χ1v) is 3.12. The van der Waals surface area contributed by atoms with Crippen LogP contribution in [-0.4, -0.2) is 17.8 Å². The molecule has 0 atom stereocenters. The number of allylic oxidation sites excluding steroid dienone is 3. The highest BCUT2D eigenvalue weighted by molar-refractivity contribution is 5.46. The molecule has 0 aliphatic rings. The summed E-state index contributed by atoms with van der Waals surface area (Å²) >= 11 is 0. The van der Waals surface area contributed by atoms with Gasteiger partial charge in [0.1, 0.15) is 13.3 Å². The summed E-state index contributed by atoms with van der Waals surface area (Å²) in [6.45, 7) is 4.00.